The molecule has 0 saturated heterocycles. The number of hydrogen-bond donors (Lipinski definition) is 1. The maximum Gasteiger partial charge on any atom is 0.341 e. The van der Waals surface area contributed by atoms with Crippen molar-refractivity contribution in [1.29, 1.82) is 0 Å². The van der Waals surface area contributed by atoms with E-state index in [1.54, 1.807) is 18.2 Å². The van der Waals surface area contributed by atoms with Crippen LogP contribution in [0.1, 0.15) is 50.4 Å². The number of ether oxygens (including phenoxy) is 3. The van der Waals surface area contributed by atoms with Gasteiger partial charge in [0.05, 0.1) is 12.7 Å². The summed E-state index contributed by atoms with van der Waals surface area (Å²) >= 11 is 1.48. The van der Waals surface area contributed by atoms with Gasteiger partial charge in [-0.05, 0) is 49.4 Å². The molecule has 2 heterocycles. The molecule has 7 heteroatoms. The Bertz CT molecular complexity index is 873. The molecular weight excluding hydrogens is 354 g/mol. The molecule has 0 bridgehead atoms. The Hall–Kier alpha value is -2.54. The van der Waals surface area contributed by atoms with Crippen molar-refractivity contribution in [1.82, 2.24) is 0 Å². The fourth-order valence-corrected chi connectivity index (χ4v) is 4.63. The predicted octanol–water partition coefficient (Wildman–Crippen LogP) is 3.78. The van der Waals surface area contributed by atoms with E-state index < -0.39 is 5.97 Å². The number of methoxy groups -OCH3 is 1. The van der Waals surface area contributed by atoms with E-state index in [-0.39, 0.29) is 12.7 Å². The smallest absolute Gasteiger partial charge is 0.341 e. The van der Waals surface area contributed by atoms with Crippen LogP contribution in [0, 0.1) is 0 Å². The van der Waals surface area contributed by atoms with Crippen LogP contribution in [0.5, 0.6) is 11.5 Å². The summed E-state index contributed by atoms with van der Waals surface area (Å²) in [5, 5.41) is 3.45. The van der Waals surface area contributed by atoms with Gasteiger partial charge in [-0.25, -0.2) is 4.79 Å². The minimum absolute atomic E-state index is 0.157. The minimum Gasteiger partial charge on any atom is -0.465 e. The van der Waals surface area contributed by atoms with Crippen LogP contribution in [0.2, 0.25) is 0 Å². The van der Waals surface area contributed by atoms with Crippen molar-refractivity contribution in [3.8, 4) is 11.5 Å². The minimum atomic E-state index is -0.398. The molecule has 1 N–H and O–H groups in total. The number of nitrogens with one attached hydrogen (secondary N) is 1. The predicted molar refractivity (Wildman–Crippen MR) is 97.4 cm³/mol. The highest BCUT2D eigenvalue weighted by Gasteiger charge is 2.27. The molecule has 0 saturated carbocycles. The average molecular weight is 373 g/mol. The van der Waals surface area contributed by atoms with Gasteiger partial charge in [0.2, 0.25) is 6.79 Å². The summed E-state index contributed by atoms with van der Waals surface area (Å²) in [6.45, 7) is 0.157. The van der Waals surface area contributed by atoms with Crippen LogP contribution < -0.4 is 14.8 Å². The molecule has 0 spiro atoms. The highest BCUT2D eigenvalue weighted by molar-refractivity contribution is 7.17. The van der Waals surface area contributed by atoms with Gasteiger partial charge in [-0.15, -0.1) is 11.3 Å². The third kappa shape index (κ3) is 3.03. The zero-order chi connectivity index (χ0) is 18.1. The molecular formula is C19H19NO5S. The summed E-state index contributed by atoms with van der Waals surface area (Å²) in [7, 11) is 1.37. The lowest BCUT2D eigenvalue weighted by molar-refractivity contribution is 0.0601. The van der Waals surface area contributed by atoms with Gasteiger partial charge >= 0.3 is 5.97 Å². The number of aryl methyl sites for hydroxylation is 1. The summed E-state index contributed by atoms with van der Waals surface area (Å²) < 4.78 is 15.6. The lowest BCUT2D eigenvalue weighted by atomic mass is 10.1. The summed E-state index contributed by atoms with van der Waals surface area (Å²) in [4.78, 5) is 26.2. The van der Waals surface area contributed by atoms with Gasteiger partial charge in [0.25, 0.3) is 5.91 Å². The van der Waals surface area contributed by atoms with E-state index >= 15 is 0 Å². The zero-order valence-electron chi connectivity index (χ0n) is 14.4. The number of carbonyl (C=O) groups excluding carboxylic acids is 2. The van der Waals surface area contributed by atoms with Crippen molar-refractivity contribution >= 4 is 28.2 Å². The van der Waals surface area contributed by atoms with E-state index in [0.29, 0.717) is 27.6 Å². The van der Waals surface area contributed by atoms with Crippen molar-refractivity contribution in [2.75, 3.05) is 19.2 Å². The first-order chi connectivity index (χ1) is 12.7. The second kappa shape index (κ2) is 6.99. The lowest BCUT2D eigenvalue weighted by Crippen LogP contribution is -2.14. The van der Waals surface area contributed by atoms with Gasteiger partial charge in [0.1, 0.15) is 5.00 Å². The summed E-state index contributed by atoms with van der Waals surface area (Å²) in [6, 6.07) is 5.04. The van der Waals surface area contributed by atoms with Gasteiger partial charge in [-0.1, -0.05) is 6.42 Å². The molecule has 1 aliphatic carbocycles. The zero-order valence-corrected chi connectivity index (χ0v) is 15.2. The lowest BCUT2D eigenvalue weighted by Gasteiger charge is -2.08. The van der Waals surface area contributed by atoms with Crippen LogP contribution in [0.25, 0.3) is 0 Å². The third-order valence-corrected chi connectivity index (χ3v) is 5.88. The molecule has 4 rings (SSSR count). The molecule has 6 nitrogen and oxygen atoms in total. The molecule has 136 valence electrons. The highest BCUT2D eigenvalue weighted by Crippen LogP contribution is 2.38. The van der Waals surface area contributed by atoms with E-state index in [9.17, 15) is 9.59 Å². The number of carbonyl (C=O) groups is 2. The van der Waals surface area contributed by atoms with E-state index in [4.69, 9.17) is 14.2 Å². The van der Waals surface area contributed by atoms with Gasteiger partial charge < -0.3 is 19.5 Å². The number of rotatable bonds is 3. The van der Waals surface area contributed by atoms with Crippen LogP contribution >= 0.6 is 11.3 Å². The second-order valence-corrected chi connectivity index (χ2v) is 7.39. The number of fused-ring (bicyclic) bond motifs is 2. The normalized spacial score (nSPS) is 15.1. The van der Waals surface area contributed by atoms with Crippen molar-refractivity contribution in [3.05, 3.63) is 39.8 Å². The average Bonchev–Trinajstić information content (AvgIpc) is 3.18. The van der Waals surface area contributed by atoms with Crippen LogP contribution in [-0.2, 0) is 17.6 Å². The molecule has 0 radical (unpaired) electrons. The summed E-state index contributed by atoms with van der Waals surface area (Å²) in [5.74, 6) is 0.489. The Balaban J connectivity index is 1.65. The molecule has 0 atom stereocenters. The molecule has 2 aromatic rings. The molecule has 0 fully saturated rings. The third-order valence-electron chi connectivity index (χ3n) is 4.67. The fraction of sp³-hybridized carbons (Fsp3) is 0.368. The Morgan fingerprint density at radius 1 is 1.12 bits per heavy atom. The van der Waals surface area contributed by atoms with Crippen molar-refractivity contribution in [2.24, 2.45) is 0 Å². The van der Waals surface area contributed by atoms with Gasteiger partial charge in [-0.3, -0.25) is 4.79 Å². The van der Waals surface area contributed by atoms with Crippen molar-refractivity contribution < 1.29 is 23.8 Å². The van der Waals surface area contributed by atoms with E-state index in [2.05, 4.69) is 5.32 Å². The SMILES string of the molecule is COC(=O)c1c(NC(=O)c2ccc3c(c2)OCO3)sc2c1CCCCC2. The standard InChI is InChI=1S/C19H19NO5S/c1-23-19(22)16-12-5-3-2-4-6-15(12)26-18(16)20-17(21)11-7-8-13-14(9-11)25-10-24-13/h7-9H,2-6,10H2,1H3,(H,20,21). The van der Waals surface area contributed by atoms with Crippen LogP contribution in [0.3, 0.4) is 0 Å². The monoisotopic (exact) mass is 373 g/mol. The molecule has 1 aromatic heterocycles. The van der Waals surface area contributed by atoms with Gasteiger partial charge in [0, 0.05) is 10.4 Å². The van der Waals surface area contributed by atoms with Gasteiger partial charge in [-0.2, -0.15) is 0 Å². The summed E-state index contributed by atoms with van der Waals surface area (Å²) in [5.41, 5.74) is 1.98. The van der Waals surface area contributed by atoms with Crippen LogP contribution in [0.4, 0.5) is 5.00 Å². The molecule has 1 aromatic carbocycles. The number of thiophene rings is 1. The van der Waals surface area contributed by atoms with Crippen LogP contribution in [-0.4, -0.2) is 25.8 Å². The largest absolute Gasteiger partial charge is 0.465 e. The number of anilines is 1. The Morgan fingerprint density at radius 3 is 2.77 bits per heavy atom. The number of amides is 1. The van der Waals surface area contributed by atoms with E-state index in [1.165, 1.54) is 23.3 Å². The topological polar surface area (TPSA) is 73.9 Å². The van der Waals surface area contributed by atoms with E-state index in [1.807, 2.05) is 0 Å². The Kier molecular flexibility index (Phi) is 4.55. The summed E-state index contributed by atoms with van der Waals surface area (Å²) in [6.07, 6.45) is 5.08. The second-order valence-electron chi connectivity index (χ2n) is 6.28. The molecule has 26 heavy (non-hydrogen) atoms. The number of benzene rings is 1. The maximum atomic E-state index is 12.7. The maximum absolute atomic E-state index is 12.7. The molecule has 2 aliphatic rings. The van der Waals surface area contributed by atoms with Gasteiger partial charge in [0.15, 0.2) is 11.5 Å². The van der Waals surface area contributed by atoms with Crippen LogP contribution in [0.15, 0.2) is 18.2 Å². The Labute approximate surface area is 155 Å². The molecule has 1 aliphatic heterocycles. The van der Waals surface area contributed by atoms with Crippen molar-refractivity contribution in [3.63, 3.8) is 0 Å². The fourth-order valence-electron chi connectivity index (χ4n) is 3.36. The molecule has 0 unspecified atom stereocenters. The van der Waals surface area contributed by atoms with Crippen molar-refractivity contribution in [2.45, 2.75) is 32.1 Å². The quantitative estimate of drug-likeness (QED) is 0.655. The first-order valence-corrected chi connectivity index (χ1v) is 9.43. The highest BCUT2D eigenvalue weighted by atomic mass is 32.1. The first kappa shape index (κ1) is 16.9. The molecule has 1 amide bonds. The first-order valence-electron chi connectivity index (χ1n) is 8.61. The van der Waals surface area contributed by atoms with E-state index in [0.717, 1.165) is 37.7 Å². The number of hydrogen-bond acceptors (Lipinski definition) is 6. The Morgan fingerprint density at radius 2 is 1.92 bits per heavy atom. The number of esters is 1.